The number of amides is 1. The molecule has 0 radical (unpaired) electrons. The number of hydrogen-bond donors (Lipinski definition) is 1. The first-order valence-electron chi connectivity index (χ1n) is 9.35. The van der Waals surface area contributed by atoms with Gasteiger partial charge in [0.1, 0.15) is 0 Å². The number of nitrogens with one attached hydrogen (secondary N) is 1. The van der Waals surface area contributed by atoms with E-state index in [1.54, 1.807) is 4.90 Å². The summed E-state index contributed by atoms with van der Waals surface area (Å²) in [5, 5.41) is 7.60. The zero-order valence-electron chi connectivity index (χ0n) is 16.4. The number of carbonyl (C=O) groups is 1. The van der Waals surface area contributed by atoms with Crippen molar-refractivity contribution in [2.75, 3.05) is 23.8 Å². The van der Waals surface area contributed by atoms with Crippen LogP contribution in [0, 0.1) is 12.8 Å². The number of benzene rings is 1. The summed E-state index contributed by atoms with van der Waals surface area (Å²) >= 11 is 1.27. The zero-order valence-corrected chi connectivity index (χ0v) is 18.0. The molecular weight excluding hydrogens is 396 g/mol. The molecule has 0 saturated carbocycles. The van der Waals surface area contributed by atoms with Crippen LogP contribution in [0.4, 0.5) is 0 Å². The fraction of sp³-hybridized carbons (Fsp3) is 0.526. The average Bonchev–Trinajstić information content (AvgIpc) is 3.24. The Labute approximate surface area is 170 Å². The van der Waals surface area contributed by atoms with Gasteiger partial charge in [-0.25, -0.2) is 13.4 Å². The Morgan fingerprint density at radius 3 is 2.64 bits per heavy atom. The van der Waals surface area contributed by atoms with Crippen LogP contribution in [0.15, 0.2) is 29.4 Å². The van der Waals surface area contributed by atoms with E-state index in [-0.39, 0.29) is 35.1 Å². The molecular formula is C19H26N4O3S2. The first kappa shape index (κ1) is 20.9. The van der Waals surface area contributed by atoms with E-state index < -0.39 is 9.84 Å². The van der Waals surface area contributed by atoms with Crippen molar-refractivity contribution in [3.63, 3.8) is 0 Å². The van der Waals surface area contributed by atoms with Crippen LogP contribution in [0.2, 0.25) is 0 Å². The lowest BCUT2D eigenvalue weighted by atomic mass is 10.1. The number of carbonyl (C=O) groups excluding carboxylic acids is 1. The Morgan fingerprint density at radius 2 is 2.04 bits per heavy atom. The third-order valence-corrected chi connectivity index (χ3v) is 7.23. The molecule has 3 rings (SSSR count). The Hall–Kier alpha value is -1.87. The van der Waals surface area contributed by atoms with Crippen LogP contribution < -0.4 is 0 Å². The highest BCUT2D eigenvalue weighted by molar-refractivity contribution is 7.99. The molecule has 28 heavy (non-hydrogen) atoms. The molecule has 0 bridgehead atoms. The van der Waals surface area contributed by atoms with Crippen molar-refractivity contribution in [3.05, 3.63) is 29.8 Å². The molecule has 0 spiro atoms. The van der Waals surface area contributed by atoms with Gasteiger partial charge in [-0.05, 0) is 19.3 Å². The minimum absolute atomic E-state index is 0.0638. The Bertz CT molecular complexity index is 923. The lowest BCUT2D eigenvalue weighted by Gasteiger charge is -2.29. The molecule has 1 amide bonds. The molecule has 7 nitrogen and oxygen atoms in total. The first-order chi connectivity index (χ1) is 13.2. The molecule has 2 aromatic rings. The summed E-state index contributed by atoms with van der Waals surface area (Å²) in [5.41, 5.74) is 2.11. The molecule has 0 aliphatic carbocycles. The van der Waals surface area contributed by atoms with Gasteiger partial charge in [0.25, 0.3) is 0 Å². The quantitative estimate of drug-likeness (QED) is 0.689. The number of aromatic amines is 1. The SMILES string of the molecule is Cc1ccc(-c2nc(SCC(=O)N(CC(C)C)[C@@H]3CCS(=O)(=O)C3)n[nH]2)cc1. The minimum atomic E-state index is -3.04. The molecule has 9 heteroatoms. The van der Waals surface area contributed by atoms with E-state index in [0.29, 0.717) is 23.9 Å². The Balaban J connectivity index is 1.63. The highest BCUT2D eigenvalue weighted by Gasteiger charge is 2.34. The first-order valence-corrected chi connectivity index (χ1v) is 12.2. The van der Waals surface area contributed by atoms with E-state index >= 15 is 0 Å². The van der Waals surface area contributed by atoms with Crippen LogP contribution in [0.5, 0.6) is 0 Å². The maximum atomic E-state index is 12.8. The zero-order chi connectivity index (χ0) is 20.3. The van der Waals surface area contributed by atoms with Crippen molar-refractivity contribution in [1.82, 2.24) is 20.1 Å². The third-order valence-electron chi connectivity index (χ3n) is 4.65. The Kier molecular flexibility index (Phi) is 6.44. The fourth-order valence-electron chi connectivity index (χ4n) is 3.23. The Morgan fingerprint density at radius 1 is 1.32 bits per heavy atom. The van der Waals surface area contributed by atoms with Crippen molar-refractivity contribution in [3.8, 4) is 11.4 Å². The second-order valence-corrected chi connectivity index (χ2v) is 10.8. The van der Waals surface area contributed by atoms with Gasteiger partial charge < -0.3 is 4.90 Å². The second kappa shape index (κ2) is 8.65. The summed E-state index contributed by atoms with van der Waals surface area (Å²) in [6, 6.07) is 7.73. The fourth-order valence-corrected chi connectivity index (χ4v) is 5.64. The van der Waals surface area contributed by atoms with Gasteiger partial charge in [-0.15, -0.1) is 5.10 Å². The lowest BCUT2D eigenvalue weighted by molar-refractivity contribution is -0.130. The van der Waals surface area contributed by atoms with Gasteiger partial charge in [-0.2, -0.15) is 0 Å². The molecule has 1 aliphatic rings. The molecule has 1 aromatic heterocycles. The molecule has 1 atom stereocenters. The summed E-state index contributed by atoms with van der Waals surface area (Å²) in [7, 11) is -3.04. The van der Waals surface area contributed by atoms with Crippen molar-refractivity contribution >= 4 is 27.5 Å². The van der Waals surface area contributed by atoms with E-state index in [1.807, 2.05) is 45.0 Å². The summed E-state index contributed by atoms with van der Waals surface area (Å²) < 4.78 is 23.6. The van der Waals surface area contributed by atoms with Gasteiger partial charge in [-0.3, -0.25) is 9.89 Å². The van der Waals surface area contributed by atoms with Crippen molar-refractivity contribution in [1.29, 1.82) is 0 Å². The number of nitrogens with zero attached hydrogens (tertiary/aromatic N) is 3. The van der Waals surface area contributed by atoms with Crippen LogP contribution in [0.25, 0.3) is 11.4 Å². The minimum Gasteiger partial charge on any atom is -0.338 e. The average molecular weight is 423 g/mol. The molecule has 152 valence electrons. The van der Waals surface area contributed by atoms with E-state index in [2.05, 4.69) is 15.2 Å². The molecule has 1 aromatic carbocycles. The predicted molar refractivity (Wildman–Crippen MR) is 111 cm³/mol. The van der Waals surface area contributed by atoms with Crippen molar-refractivity contribution in [2.24, 2.45) is 5.92 Å². The monoisotopic (exact) mass is 422 g/mol. The van der Waals surface area contributed by atoms with Crippen molar-refractivity contribution < 1.29 is 13.2 Å². The summed E-state index contributed by atoms with van der Waals surface area (Å²) in [6.07, 6.45) is 0.518. The van der Waals surface area contributed by atoms with Gasteiger partial charge in [0.2, 0.25) is 11.1 Å². The maximum Gasteiger partial charge on any atom is 0.233 e. The number of hydrogen-bond acceptors (Lipinski definition) is 6. The van der Waals surface area contributed by atoms with Crippen molar-refractivity contribution in [2.45, 2.75) is 38.4 Å². The van der Waals surface area contributed by atoms with Gasteiger partial charge in [0.15, 0.2) is 15.7 Å². The summed E-state index contributed by atoms with van der Waals surface area (Å²) in [4.78, 5) is 19.0. The molecule has 1 aliphatic heterocycles. The van der Waals surface area contributed by atoms with Crippen LogP contribution >= 0.6 is 11.8 Å². The second-order valence-electron chi connectivity index (χ2n) is 7.62. The lowest BCUT2D eigenvalue weighted by Crippen LogP contribution is -2.44. The van der Waals surface area contributed by atoms with Gasteiger partial charge in [-0.1, -0.05) is 55.4 Å². The normalized spacial score (nSPS) is 18.5. The number of H-pyrrole nitrogens is 1. The topological polar surface area (TPSA) is 96.0 Å². The predicted octanol–water partition coefficient (Wildman–Crippen LogP) is 2.54. The third kappa shape index (κ3) is 5.35. The number of rotatable bonds is 7. The van der Waals surface area contributed by atoms with Gasteiger partial charge in [0, 0.05) is 18.2 Å². The maximum absolute atomic E-state index is 12.8. The molecule has 2 heterocycles. The van der Waals surface area contributed by atoms with Crippen LogP contribution in [-0.2, 0) is 14.6 Å². The smallest absolute Gasteiger partial charge is 0.233 e. The molecule has 0 unspecified atom stereocenters. The van der Waals surface area contributed by atoms with Crippen LogP contribution in [0.1, 0.15) is 25.8 Å². The standard InChI is InChI=1S/C19H26N4O3S2/c1-13(2)10-23(16-8-9-28(25,26)12-16)17(24)11-27-19-20-18(21-22-19)15-6-4-14(3)5-7-15/h4-7,13,16H,8-12H2,1-3H3,(H,20,21,22)/t16-/m1/s1. The molecule has 1 fully saturated rings. The highest BCUT2D eigenvalue weighted by Crippen LogP contribution is 2.23. The van der Waals surface area contributed by atoms with E-state index in [1.165, 1.54) is 17.3 Å². The van der Waals surface area contributed by atoms with E-state index in [0.717, 1.165) is 5.56 Å². The molecule has 1 N–H and O–H groups in total. The summed E-state index contributed by atoms with van der Waals surface area (Å²) in [6.45, 7) is 6.64. The largest absolute Gasteiger partial charge is 0.338 e. The number of thioether (sulfide) groups is 1. The van der Waals surface area contributed by atoms with E-state index in [9.17, 15) is 13.2 Å². The highest BCUT2D eigenvalue weighted by atomic mass is 32.2. The van der Waals surface area contributed by atoms with Crippen LogP contribution in [0.3, 0.4) is 0 Å². The summed E-state index contributed by atoms with van der Waals surface area (Å²) in [5.74, 6) is 1.28. The van der Waals surface area contributed by atoms with Gasteiger partial charge in [0.05, 0.1) is 17.3 Å². The number of aromatic nitrogens is 3. The molecule has 1 saturated heterocycles. The van der Waals surface area contributed by atoms with E-state index in [4.69, 9.17) is 0 Å². The number of sulfone groups is 1. The van der Waals surface area contributed by atoms with Gasteiger partial charge >= 0.3 is 0 Å². The van der Waals surface area contributed by atoms with Crippen LogP contribution in [-0.4, -0.2) is 64.3 Å². The number of aryl methyl sites for hydroxylation is 1.